The van der Waals surface area contributed by atoms with E-state index < -0.39 is 30.5 Å². The number of ether oxygens (including phenoxy) is 2. The number of hydrogen-bond donors (Lipinski definition) is 3. The van der Waals surface area contributed by atoms with E-state index in [9.17, 15) is 15.3 Å². The van der Waals surface area contributed by atoms with E-state index in [4.69, 9.17) is 21.1 Å². The van der Waals surface area contributed by atoms with Gasteiger partial charge in [0.15, 0.2) is 0 Å². The Balaban J connectivity index is 1.69. The van der Waals surface area contributed by atoms with Crippen LogP contribution in [0.3, 0.4) is 0 Å². The highest BCUT2D eigenvalue weighted by molar-refractivity contribution is 6.31. The van der Waals surface area contributed by atoms with Crippen LogP contribution in [0.25, 0.3) is 0 Å². The molecular weight excluding hydrogens is 434 g/mol. The molecule has 1 heterocycles. The molecule has 32 heavy (non-hydrogen) atoms. The van der Waals surface area contributed by atoms with E-state index in [1.807, 2.05) is 37.3 Å². The topological polar surface area (TPSA) is 101 Å². The first-order valence-electron chi connectivity index (χ1n) is 10.7. The van der Waals surface area contributed by atoms with Crippen molar-refractivity contribution >= 4 is 17.8 Å². The number of aliphatic hydroxyl groups is 3. The maximum atomic E-state index is 10.5. The molecule has 7 nitrogen and oxygen atoms in total. The summed E-state index contributed by atoms with van der Waals surface area (Å²) in [5.41, 5.74) is 2.63. The largest absolute Gasteiger partial charge is 0.493 e. The minimum Gasteiger partial charge on any atom is -0.493 e. The molecule has 0 unspecified atom stereocenters. The molecule has 1 fully saturated rings. The first-order valence-corrected chi connectivity index (χ1v) is 11.1. The fraction of sp³-hybridized carbons (Fsp3) is 0.458. The van der Waals surface area contributed by atoms with Gasteiger partial charge in [-0.2, -0.15) is 0 Å². The van der Waals surface area contributed by atoms with Crippen LogP contribution in [-0.4, -0.2) is 59.7 Å². The lowest BCUT2D eigenvalue weighted by Gasteiger charge is -2.40. The highest BCUT2D eigenvalue weighted by atomic mass is 35.5. The van der Waals surface area contributed by atoms with Crippen molar-refractivity contribution in [3.05, 3.63) is 64.2 Å². The van der Waals surface area contributed by atoms with Crippen LogP contribution in [0, 0.1) is 0 Å². The molecule has 0 radical (unpaired) electrons. The molecule has 0 amide bonds. The summed E-state index contributed by atoms with van der Waals surface area (Å²) in [5, 5.41) is 35.1. The first kappa shape index (κ1) is 24.5. The van der Waals surface area contributed by atoms with E-state index in [0.717, 1.165) is 16.9 Å². The molecule has 0 bridgehead atoms. The quantitative estimate of drug-likeness (QED) is 0.300. The van der Waals surface area contributed by atoms with E-state index in [1.54, 1.807) is 18.3 Å². The SMILES string of the molecule is CC[C@H]1O[C@@H](c2ccc(Cl)c(Cc3ccc(OCC/C=N/OC)cc3)c2)[C@H](O)[C@@H](O)[C@@H]1O. The fourth-order valence-corrected chi connectivity index (χ4v) is 3.94. The van der Waals surface area contributed by atoms with E-state index in [-0.39, 0.29) is 0 Å². The number of benzene rings is 2. The van der Waals surface area contributed by atoms with E-state index in [0.29, 0.717) is 36.5 Å². The van der Waals surface area contributed by atoms with Gasteiger partial charge in [0.1, 0.15) is 37.3 Å². The molecule has 0 aliphatic carbocycles. The lowest BCUT2D eigenvalue weighted by molar-refractivity contribution is -0.225. The van der Waals surface area contributed by atoms with Gasteiger partial charge in [-0.1, -0.05) is 47.9 Å². The van der Waals surface area contributed by atoms with Gasteiger partial charge in [-0.05, 0) is 47.7 Å². The lowest BCUT2D eigenvalue weighted by Crippen LogP contribution is -2.53. The molecule has 2 aromatic rings. The summed E-state index contributed by atoms with van der Waals surface area (Å²) < 4.78 is 11.6. The van der Waals surface area contributed by atoms with Gasteiger partial charge in [-0.25, -0.2) is 0 Å². The smallest absolute Gasteiger partial charge is 0.119 e. The Hall–Kier alpha value is -2.16. The van der Waals surface area contributed by atoms with E-state index >= 15 is 0 Å². The summed E-state index contributed by atoms with van der Waals surface area (Å²) in [4.78, 5) is 4.61. The second kappa shape index (κ2) is 11.6. The van der Waals surface area contributed by atoms with E-state index in [2.05, 4.69) is 9.99 Å². The normalized spacial score (nSPS) is 25.8. The molecule has 1 aliphatic heterocycles. The molecule has 0 saturated carbocycles. The van der Waals surface area contributed by atoms with Crippen LogP contribution >= 0.6 is 11.6 Å². The highest BCUT2D eigenvalue weighted by Gasteiger charge is 2.43. The van der Waals surface area contributed by atoms with Crippen molar-refractivity contribution in [1.82, 2.24) is 0 Å². The van der Waals surface area contributed by atoms with Crippen LogP contribution in [0.5, 0.6) is 5.75 Å². The van der Waals surface area contributed by atoms with Gasteiger partial charge in [-0.15, -0.1) is 0 Å². The predicted molar refractivity (Wildman–Crippen MR) is 122 cm³/mol. The molecule has 8 heteroatoms. The van der Waals surface area contributed by atoms with Gasteiger partial charge >= 0.3 is 0 Å². The van der Waals surface area contributed by atoms with Gasteiger partial charge in [0.05, 0.1) is 12.7 Å². The van der Waals surface area contributed by atoms with Crippen molar-refractivity contribution in [2.24, 2.45) is 5.16 Å². The molecule has 5 atom stereocenters. The molecule has 1 aliphatic rings. The molecular formula is C24H30ClNO6. The Kier molecular flexibility index (Phi) is 8.90. The lowest BCUT2D eigenvalue weighted by atomic mass is 9.89. The van der Waals surface area contributed by atoms with E-state index in [1.165, 1.54) is 7.11 Å². The minimum atomic E-state index is -1.27. The number of hydrogen-bond acceptors (Lipinski definition) is 7. The van der Waals surface area contributed by atoms with Crippen molar-refractivity contribution in [1.29, 1.82) is 0 Å². The van der Waals surface area contributed by atoms with Crippen LogP contribution in [0.15, 0.2) is 47.6 Å². The molecule has 3 rings (SSSR count). The Morgan fingerprint density at radius 3 is 2.50 bits per heavy atom. The van der Waals surface area contributed by atoms with Crippen LogP contribution in [0.2, 0.25) is 5.02 Å². The van der Waals surface area contributed by atoms with Gasteiger partial charge in [-0.3, -0.25) is 0 Å². The second-order valence-electron chi connectivity index (χ2n) is 7.75. The molecule has 0 aromatic heterocycles. The molecule has 1 saturated heterocycles. The maximum absolute atomic E-state index is 10.5. The Labute approximate surface area is 193 Å². The number of aliphatic hydroxyl groups excluding tert-OH is 3. The van der Waals surface area contributed by atoms with Gasteiger partial charge in [0.2, 0.25) is 0 Å². The van der Waals surface area contributed by atoms with Gasteiger partial charge < -0.3 is 29.6 Å². The van der Waals surface area contributed by atoms with Crippen molar-refractivity contribution in [2.45, 2.75) is 56.7 Å². The zero-order valence-corrected chi connectivity index (χ0v) is 19.0. The summed E-state index contributed by atoms with van der Waals surface area (Å²) in [6.45, 7) is 2.37. The third kappa shape index (κ3) is 5.99. The fourth-order valence-electron chi connectivity index (χ4n) is 3.75. The first-order chi connectivity index (χ1) is 15.4. The van der Waals surface area contributed by atoms with Crippen molar-refractivity contribution in [2.75, 3.05) is 13.7 Å². The number of halogens is 1. The predicted octanol–water partition coefficient (Wildman–Crippen LogP) is 3.26. The molecule has 3 N–H and O–H groups in total. The van der Waals surface area contributed by atoms with Crippen LogP contribution in [-0.2, 0) is 16.0 Å². The summed E-state index contributed by atoms with van der Waals surface area (Å²) in [6.07, 6.45) is -1.51. The zero-order valence-electron chi connectivity index (χ0n) is 18.2. The van der Waals surface area contributed by atoms with Crippen LogP contribution < -0.4 is 4.74 Å². The van der Waals surface area contributed by atoms with Crippen LogP contribution in [0.4, 0.5) is 0 Å². The van der Waals surface area contributed by atoms with Crippen molar-refractivity contribution < 1.29 is 29.6 Å². The third-order valence-corrected chi connectivity index (χ3v) is 5.90. The van der Waals surface area contributed by atoms with Crippen LogP contribution in [0.1, 0.15) is 42.6 Å². The Morgan fingerprint density at radius 1 is 1.06 bits per heavy atom. The summed E-state index contributed by atoms with van der Waals surface area (Å²) in [5.74, 6) is 0.760. The van der Waals surface area contributed by atoms with Crippen molar-refractivity contribution in [3.63, 3.8) is 0 Å². The Bertz CT molecular complexity index is 889. The van der Waals surface area contributed by atoms with Gasteiger partial charge in [0, 0.05) is 17.7 Å². The monoisotopic (exact) mass is 463 g/mol. The summed E-state index contributed by atoms with van der Waals surface area (Å²) in [6, 6.07) is 13.2. The molecule has 2 aromatic carbocycles. The molecule has 0 spiro atoms. The standard InChI is InChI=1S/C24H30ClNO6/c1-3-20-21(27)22(28)23(29)24(32-20)16-7-10-19(25)17(14-16)13-15-5-8-18(9-6-15)31-12-4-11-26-30-2/h5-11,14,20-24,27-29H,3-4,12-13H2,1-2H3/b26-11+/t20-,21-,22+,23-,24+/m1/s1. The number of oxime groups is 1. The maximum Gasteiger partial charge on any atom is 0.119 e. The van der Waals surface area contributed by atoms with Crippen molar-refractivity contribution in [3.8, 4) is 5.75 Å². The minimum absolute atomic E-state index is 0.503. The summed E-state index contributed by atoms with van der Waals surface area (Å²) in [7, 11) is 1.50. The number of rotatable bonds is 9. The third-order valence-electron chi connectivity index (χ3n) is 5.53. The average Bonchev–Trinajstić information content (AvgIpc) is 2.80. The zero-order chi connectivity index (χ0) is 23.1. The average molecular weight is 464 g/mol. The Morgan fingerprint density at radius 2 is 1.81 bits per heavy atom. The van der Waals surface area contributed by atoms with Gasteiger partial charge in [0.25, 0.3) is 0 Å². The second-order valence-corrected chi connectivity index (χ2v) is 8.16. The summed E-state index contributed by atoms with van der Waals surface area (Å²) >= 11 is 6.43. The highest BCUT2D eigenvalue weighted by Crippen LogP contribution is 2.35. The number of nitrogens with zero attached hydrogens (tertiary/aromatic N) is 1. The molecule has 174 valence electrons.